The van der Waals surface area contributed by atoms with Crippen molar-refractivity contribution in [2.75, 3.05) is 6.26 Å². The molecule has 1 N–H and O–H groups in total. The van der Waals surface area contributed by atoms with Gasteiger partial charge >= 0.3 is 6.18 Å². The second kappa shape index (κ2) is 3.45. The Morgan fingerprint density at radius 3 is 2.46 bits per heavy atom. The Bertz CT molecular complexity index is 357. The molecule has 0 aromatic carbocycles. The van der Waals surface area contributed by atoms with E-state index in [0.29, 0.717) is 0 Å². The van der Waals surface area contributed by atoms with Gasteiger partial charge in [0.25, 0.3) is 5.56 Å². The molecule has 2 nitrogen and oxygen atoms in total. The first kappa shape index (κ1) is 10.2. The van der Waals surface area contributed by atoms with Gasteiger partial charge in [0.15, 0.2) is 0 Å². The number of hydrogen-bond acceptors (Lipinski definition) is 2. The normalized spacial score (nSPS) is 11.7. The zero-order chi connectivity index (χ0) is 10.1. The van der Waals surface area contributed by atoms with E-state index < -0.39 is 17.3 Å². The maximum Gasteiger partial charge on any atom is 0.417 e. The highest BCUT2D eigenvalue weighted by Gasteiger charge is 2.34. The van der Waals surface area contributed by atoms with Gasteiger partial charge < -0.3 is 4.98 Å². The number of nitrogens with one attached hydrogen (secondary N) is 1. The van der Waals surface area contributed by atoms with Gasteiger partial charge in [-0.15, -0.1) is 11.8 Å². The van der Waals surface area contributed by atoms with E-state index in [1.54, 1.807) is 0 Å². The van der Waals surface area contributed by atoms with Crippen LogP contribution in [0, 0.1) is 0 Å². The Labute approximate surface area is 76.2 Å². The van der Waals surface area contributed by atoms with E-state index in [2.05, 4.69) is 4.98 Å². The van der Waals surface area contributed by atoms with E-state index in [1.807, 2.05) is 0 Å². The summed E-state index contributed by atoms with van der Waals surface area (Å²) >= 11 is 0.785. The number of hydrogen-bond donors (Lipinski definition) is 1. The summed E-state index contributed by atoms with van der Waals surface area (Å²) in [5, 5.41) is 0. The summed E-state index contributed by atoms with van der Waals surface area (Å²) in [6.45, 7) is 0. The van der Waals surface area contributed by atoms with E-state index >= 15 is 0 Å². The van der Waals surface area contributed by atoms with E-state index in [0.717, 1.165) is 24.0 Å². The summed E-state index contributed by atoms with van der Waals surface area (Å²) in [4.78, 5) is 12.8. The Kier molecular flexibility index (Phi) is 2.70. The zero-order valence-electron chi connectivity index (χ0n) is 6.61. The highest BCUT2D eigenvalue weighted by Crippen LogP contribution is 2.33. The molecule has 0 spiro atoms. The van der Waals surface area contributed by atoms with Crippen LogP contribution in [0.25, 0.3) is 0 Å². The molecule has 1 aromatic rings. The smallest absolute Gasteiger partial charge is 0.328 e. The quantitative estimate of drug-likeness (QED) is 0.718. The largest absolute Gasteiger partial charge is 0.417 e. The fraction of sp³-hybridized carbons (Fsp3) is 0.286. The molecule has 0 unspecified atom stereocenters. The molecule has 0 atom stereocenters. The van der Waals surface area contributed by atoms with Crippen molar-refractivity contribution in [3.8, 4) is 0 Å². The molecular weight excluding hydrogens is 203 g/mol. The van der Waals surface area contributed by atoms with Gasteiger partial charge in [-0.2, -0.15) is 13.2 Å². The third-order valence-electron chi connectivity index (χ3n) is 1.42. The first-order chi connectivity index (χ1) is 5.96. The fourth-order valence-corrected chi connectivity index (χ4v) is 1.54. The highest BCUT2D eigenvalue weighted by molar-refractivity contribution is 7.98. The van der Waals surface area contributed by atoms with Crippen LogP contribution in [0.4, 0.5) is 13.2 Å². The monoisotopic (exact) mass is 209 g/mol. The van der Waals surface area contributed by atoms with Gasteiger partial charge in [0.1, 0.15) is 0 Å². The number of aromatic nitrogens is 1. The molecule has 0 bridgehead atoms. The number of H-pyrrole nitrogens is 1. The van der Waals surface area contributed by atoms with Crippen LogP contribution in [0.2, 0.25) is 0 Å². The number of rotatable bonds is 1. The molecule has 1 heterocycles. The number of aromatic amines is 1. The summed E-state index contributed by atoms with van der Waals surface area (Å²) < 4.78 is 36.7. The Morgan fingerprint density at radius 1 is 1.46 bits per heavy atom. The van der Waals surface area contributed by atoms with Crippen molar-refractivity contribution >= 4 is 11.8 Å². The summed E-state index contributed by atoms with van der Waals surface area (Å²) in [7, 11) is 0. The number of alkyl halides is 3. The van der Waals surface area contributed by atoms with E-state index in [9.17, 15) is 18.0 Å². The van der Waals surface area contributed by atoms with Gasteiger partial charge in [0, 0.05) is 6.20 Å². The predicted octanol–water partition coefficient (Wildman–Crippen LogP) is 2.12. The molecule has 72 valence electrons. The van der Waals surface area contributed by atoms with Crippen molar-refractivity contribution in [1.29, 1.82) is 0 Å². The average molecular weight is 209 g/mol. The zero-order valence-corrected chi connectivity index (χ0v) is 7.42. The molecule has 0 fully saturated rings. The van der Waals surface area contributed by atoms with Crippen LogP contribution in [-0.4, -0.2) is 11.2 Å². The van der Waals surface area contributed by atoms with Crippen LogP contribution in [0.3, 0.4) is 0 Å². The van der Waals surface area contributed by atoms with Crippen molar-refractivity contribution in [2.45, 2.75) is 11.1 Å². The lowest BCUT2D eigenvalue weighted by Gasteiger charge is -2.08. The van der Waals surface area contributed by atoms with Crippen LogP contribution < -0.4 is 5.56 Å². The van der Waals surface area contributed by atoms with E-state index in [-0.39, 0.29) is 4.90 Å². The first-order valence-corrected chi connectivity index (χ1v) is 4.52. The van der Waals surface area contributed by atoms with Crippen molar-refractivity contribution in [2.24, 2.45) is 0 Å². The SMILES string of the molecule is CSc1c(C(F)(F)F)cc[nH]c1=O. The molecule has 1 rings (SSSR count). The van der Waals surface area contributed by atoms with Crippen LogP contribution in [0.5, 0.6) is 0 Å². The summed E-state index contributed by atoms with van der Waals surface area (Å²) in [6.07, 6.45) is -2.04. The van der Waals surface area contributed by atoms with Gasteiger partial charge in [0.2, 0.25) is 0 Å². The minimum Gasteiger partial charge on any atom is -0.328 e. The van der Waals surface area contributed by atoms with Gasteiger partial charge in [-0.05, 0) is 12.3 Å². The molecule has 0 amide bonds. The molecule has 13 heavy (non-hydrogen) atoms. The second-order valence-corrected chi connectivity index (χ2v) is 3.07. The second-order valence-electron chi connectivity index (χ2n) is 2.25. The highest BCUT2D eigenvalue weighted by atomic mass is 32.2. The predicted molar refractivity (Wildman–Crippen MR) is 43.8 cm³/mol. The molecule has 0 aliphatic heterocycles. The molecule has 1 aromatic heterocycles. The minimum absolute atomic E-state index is 0.296. The maximum atomic E-state index is 12.2. The first-order valence-electron chi connectivity index (χ1n) is 3.29. The lowest BCUT2D eigenvalue weighted by molar-refractivity contribution is -0.139. The van der Waals surface area contributed by atoms with Crippen molar-refractivity contribution < 1.29 is 13.2 Å². The number of thioether (sulfide) groups is 1. The number of halogens is 3. The lowest BCUT2D eigenvalue weighted by Crippen LogP contribution is -2.16. The van der Waals surface area contributed by atoms with Gasteiger partial charge in [0.05, 0.1) is 10.5 Å². The van der Waals surface area contributed by atoms with Gasteiger partial charge in [-0.1, -0.05) is 0 Å². The van der Waals surface area contributed by atoms with Crippen LogP contribution in [0.15, 0.2) is 22.0 Å². The summed E-state index contributed by atoms with van der Waals surface area (Å²) in [5.74, 6) is 0. The third kappa shape index (κ3) is 2.06. The average Bonchev–Trinajstić information content (AvgIpc) is 2.02. The third-order valence-corrected chi connectivity index (χ3v) is 2.24. The molecular formula is C7H6F3NOS. The minimum atomic E-state index is -4.47. The van der Waals surface area contributed by atoms with Crippen LogP contribution >= 0.6 is 11.8 Å². The molecule has 6 heteroatoms. The van der Waals surface area contributed by atoms with Crippen LogP contribution in [0.1, 0.15) is 5.56 Å². The van der Waals surface area contributed by atoms with Crippen LogP contribution in [-0.2, 0) is 6.18 Å². The molecule has 0 saturated heterocycles. The van der Waals surface area contributed by atoms with E-state index in [4.69, 9.17) is 0 Å². The molecule has 0 radical (unpaired) electrons. The maximum absolute atomic E-state index is 12.2. The number of pyridine rings is 1. The molecule has 0 aliphatic rings. The Balaban J connectivity index is 3.38. The molecule has 0 aliphatic carbocycles. The topological polar surface area (TPSA) is 32.9 Å². The Morgan fingerprint density at radius 2 is 2.08 bits per heavy atom. The van der Waals surface area contributed by atoms with Crippen molar-refractivity contribution in [3.63, 3.8) is 0 Å². The Hall–Kier alpha value is -0.910. The standard InChI is InChI=1S/C7H6F3NOS/c1-13-5-4(7(8,9)10)2-3-11-6(5)12/h2-3H,1H3,(H,11,12). The van der Waals surface area contributed by atoms with Gasteiger partial charge in [-0.3, -0.25) is 4.79 Å². The van der Waals surface area contributed by atoms with Gasteiger partial charge in [-0.25, -0.2) is 0 Å². The fourth-order valence-electron chi connectivity index (χ4n) is 0.890. The molecule has 0 saturated carbocycles. The summed E-state index contributed by atoms with van der Waals surface area (Å²) in [5.41, 5.74) is -1.59. The summed E-state index contributed by atoms with van der Waals surface area (Å²) in [6, 6.07) is 0.854. The van der Waals surface area contributed by atoms with Crippen molar-refractivity contribution in [1.82, 2.24) is 4.98 Å². The van der Waals surface area contributed by atoms with Crippen molar-refractivity contribution in [3.05, 3.63) is 28.2 Å². The lowest BCUT2D eigenvalue weighted by atomic mass is 10.2. The van der Waals surface area contributed by atoms with E-state index in [1.165, 1.54) is 6.26 Å².